The van der Waals surface area contributed by atoms with Crippen molar-refractivity contribution < 1.29 is 4.74 Å². The van der Waals surface area contributed by atoms with Gasteiger partial charge in [0.05, 0.1) is 12.2 Å². The highest BCUT2D eigenvalue weighted by Gasteiger charge is 2.57. The van der Waals surface area contributed by atoms with Crippen LogP contribution in [0.4, 0.5) is 0 Å². The van der Waals surface area contributed by atoms with Gasteiger partial charge in [0.25, 0.3) is 0 Å². The van der Waals surface area contributed by atoms with Gasteiger partial charge in [-0.15, -0.1) is 0 Å². The van der Waals surface area contributed by atoms with Crippen LogP contribution in [-0.2, 0) is 24.6 Å². The lowest BCUT2D eigenvalue weighted by Crippen LogP contribution is -2.48. The van der Waals surface area contributed by atoms with E-state index in [1.165, 1.54) is 49.7 Å². The Morgan fingerprint density at radius 3 is 3.00 bits per heavy atom. The minimum absolute atomic E-state index is 0.376. The third-order valence-electron chi connectivity index (χ3n) is 6.75. The number of rotatable bonds is 1. The van der Waals surface area contributed by atoms with Gasteiger partial charge in [-0.2, -0.15) is 0 Å². The second kappa shape index (κ2) is 4.84. The summed E-state index contributed by atoms with van der Waals surface area (Å²) in [5.74, 6) is 0. The Hall–Kier alpha value is -1.32. The van der Waals surface area contributed by atoms with Crippen molar-refractivity contribution >= 4 is 10.9 Å². The molecule has 4 atom stereocenters. The van der Waals surface area contributed by atoms with Crippen molar-refractivity contribution in [1.29, 1.82) is 0 Å². The molecule has 122 valence electrons. The van der Waals surface area contributed by atoms with E-state index in [1.807, 2.05) is 0 Å². The van der Waals surface area contributed by atoms with Gasteiger partial charge in [-0.25, -0.2) is 0 Å². The average molecular weight is 310 g/mol. The number of aryl methyl sites for hydroxylation is 1. The molecule has 4 heterocycles. The van der Waals surface area contributed by atoms with Gasteiger partial charge in [0.1, 0.15) is 0 Å². The number of ether oxygens (including phenoxy) is 1. The molecule has 3 aliphatic heterocycles. The van der Waals surface area contributed by atoms with E-state index in [-0.39, 0.29) is 0 Å². The number of epoxide rings is 1. The van der Waals surface area contributed by atoms with Crippen molar-refractivity contribution in [1.82, 2.24) is 9.47 Å². The lowest BCUT2D eigenvalue weighted by Gasteiger charge is -2.39. The smallest absolute Gasteiger partial charge is 0.0974 e. The van der Waals surface area contributed by atoms with E-state index < -0.39 is 0 Å². The summed E-state index contributed by atoms with van der Waals surface area (Å²) in [5.41, 5.74) is 4.92. The molecular formula is C20H26N2O. The highest BCUT2D eigenvalue weighted by atomic mass is 16.6. The molecule has 2 aromatic rings. The van der Waals surface area contributed by atoms with Crippen molar-refractivity contribution in [2.45, 2.75) is 44.8 Å². The molecule has 0 radical (unpaired) electrons. The Kier molecular flexibility index (Phi) is 2.96. The van der Waals surface area contributed by atoms with Crippen molar-refractivity contribution in [3.05, 3.63) is 35.5 Å². The first-order valence-corrected chi connectivity index (χ1v) is 9.15. The molecule has 0 saturated carbocycles. The topological polar surface area (TPSA) is 20.7 Å². The molecule has 0 amide bonds. The average Bonchev–Trinajstić information content (AvgIpc) is 3.30. The first-order chi connectivity index (χ1) is 11.2. The van der Waals surface area contributed by atoms with Gasteiger partial charge in [0.15, 0.2) is 0 Å². The van der Waals surface area contributed by atoms with Crippen molar-refractivity contribution in [2.24, 2.45) is 12.5 Å². The summed E-state index contributed by atoms with van der Waals surface area (Å²) >= 11 is 0. The lowest BCUT2D eigenvalue weighted by molar-refractivity contribution is 0.0954. The molecule has 0 spiro atoms. The quantitative estimate of drug-likeness (QED) is 0.754. The Morgan fingerprint density at radius 2 is 2.13 bits per heavy atom. The van der Waals surface area contributed by atoms with E-state index in [9.17, 15) is 0 Å². The number of nitrogens with zero attached hydrogens (tertiary/aromatic N) is 2. The van der Waals surface area contributed by atoms with E-state index >= 15 is 0 Å². The summed E-state index contributed by atoms with van der Waals surface area (Å²) in [5, 5.41) is 1.47. The van der Waals surface area contributed by atoms with Gasteiger partial charge >= 0.3 is 0 Å². The summed E-state index contributed by atoms with van der Waals surface area (Å²) in [7, 11) is 2.25. The van der Waals surface area contributed by atoms with Crippen LogP contribution in [0.3, 0.4) is 0 Å². The summed E-state index contributed by atoms with van der Waals surface area (Å²) in [6, 6.07) is 8.93. The van der Waals surface area contributed by atoms with Crippen LogP contribution in [0.2, 0.25) is 0 Å². The molecule has 1 aromatic carbocycles. The van der Waals surface area contributed by atoms with E-state index in [0.29, 0.717) is 17.6 Å². The maximum atomic E-state index is 6.07. The van der Waals surface area contributed by atoms with E-state index in [1.54, 1.807) is 11.3 Å². The third kappa shape index (κ3) is 1.96. The molecule has 3 aliphatic rings. The first kappa shape index (κ1) is 14.1. The molecule has 3 heteroatoms. The van der Waals surface area contributed by atoms with Crippen LogP contribution in [0, 0.1) is 5.41 Å². The molecule has 2 fully saturated rings. The SMILES string of the molecule is CC[C@@]12CCc3c(c4ccccc4n3C)CCN(C[C@H]3O[C@H]31)C2. The number of aromatic nitrogens is 1. The summed E-state index contributed by atoms with van der Waals surface area (Å²) < 4.78 is 8.51. The minimum atomic E-state index is 0.376. The summed E-state index contributed by atoms with van der Waals surface area (Å²) in [4.78, 5) is 2.68. The Labute approximate surface area is 138 Å². The summed E-state index contributed by atoms with van der Waals surface area (Å²) in [6.07, 6.45) is 5.91. The molecule has 0 aliphatic carbocycles. The molecule has 2 bridgehead atoms. The second-order valence-electron chi connectivity index (χ2n) is 7.80. The molecule has 3 nitrogen and oxygen atoms in total. The van der Waals surface area contributed by atoms with Gasteiger partial charge in [0.2, 0.25) is 0 Å². The maximum Gasteiger partial charge on any atom is 0.0974 e. The van der Waals surface area contributed by atoms with Gasteiger partial charge in [-0.05, 0) is 37.3 Å². The predicted octanol–water partition coefficient (Wildman–Crippen LogP) is 3.15. The minimum Gasteiger partial charge on any atom is -0.368 e. The van der Waals surface area contributed by atoms with Crippen LogP contribution >= 0.6 is 0 Å². The van der Waals surface area contributed by atoms with Gasteiger partial charge < -0.3 is 9.30 Å². The predicted molar refractivity (Wildman–Crippen MR) is 92.8 cm³/mol. The van der Waals surface area contributed by atoms with Crippen molar-refractivity contribution in [3.63, 3.8) is 0 Å². The van der Waals surface area contributed by atoms with Crippen LogP contribution < -0.4 is 0 Å². The number of benzene rings is 1. The van der Waals surface area contributed by atoms with Gasteiger partial charge in [-0.3, -0.25) is 4.90 Å². The van der Waals surface area contributed by atoms with Crippen molar-refractivity contribution in [3.8, 4) is 0 Å². The Morgan fingerprint density at radius 1 is 1.26 bits per heavy atom. The highest BCUT2D eigenvalue weighted by Crippen LogP contribution is 2.49. The molecular weight excluding hydrogens is 284 g/mol. The second-order valence-corrected chi connectivity index (χ2v) is 7.80. The zero-order chi connectivity index (χ0) is 15.6. The van der Waals surface area contributed by atoms with E-state index in [0.717, 1.165) is 6.54 Å². The fourth-order valence-corrected chi connectivity index (χ4v) is 5.32. The number of fused-ring (bicyclic) bond motifs is 7. The molecule has 1 aromatic heterocycles. The monoisotopic (exact) mass is 310 g/mol. The maximum absolute atomic E-state index is 6.07. The lowest BCUT2D eigenvalue weighted by atomic mass is 9.73. The molecule has 5 rings (SSSR count). The van der Waals surface area contributed by atoms with E-state index in [4.69, 9.17) is 4.74 Å². The fourth-order valence-electron chi connectivity index (χ4n) is 5.32. The first-order valence-electron chi connectivity index (χ1n) is 9.15. The molecule has 0 N–H and O–H groups in total. The van der Waals surface area contributed by atoms with Crippen LogP contribution in [-0.4, -0.2) is 41.3 Å². The van der Waals surface area contributed by atoms with Crippen molar-refractivity contribution in [2.75, 3.05) is 19.6 Å². The zero-order valence-electron chi connectivity index (χ0n) is 14.2. The number of hydrogen-bond donors (Lipinski definition) is 0. The third-order valence-corrected chi connectivity index (χ3v) is 6.75. The van der Waals surface area contributed by atoms with Crippen LogP contribution in [0.25, 0.3) is 10.9 Å². The Bertz CT molecular complexity index is 764. The highest BCUT2D eigenvalue weighted by molar-refractivity contribution is 5.85. The van der Waals surface area contributed by atoms with Gasteiger partial charge in [0, 0.05) is 48.7 Å². The fraction of sp³-hybridized carbons (Fsp3) is 0.600. The van der Waals surface area contributed by atoms with Crippen LogP contribution in [0.5, 0.6) is 0 Å². The van der Waals surface area contributed by atoms with Gasteiger partial charge in [-0.1, -0.05) is 25.1 Å². The summed E-state index contributed by atoms with van der Waals surface area (Å²) in [6.45, 7) is 5.92. The standard InChI is InChI=1S/C20H26N2O/c1-3-20-10-8-17-15(14-6-4-5-7-16(14)21(17)2)9-11-22(13-20)12-18-19(20)23-18/h4-7,18-19H,3,8-13H2,1-2H3/t18-,19-,20+/m1/s1. The zero-order valence-corrected chi connectivity index (χ0v) is 14.2. The largest absolute Gasteiger partial charge is 0.368 e. The number of para-hydroxylation sites is 1. The van der Waals surface area contributed by atoms with E-state index in [2.05, 4.69) is 47.7 Å². The molecule has 23 heavy (non-hydrogen) atoms. The Balaban J connectivity index is 1.61. The van der Waals surface area contributed by atoms with Crippen LogP contribution in [0.15, 0.2) is 24.3 Å². The molecule has 2 saturated heterocycles. The van der Waals surface area contributed by atoms with Crippen LogP contribution in [0.1, 0.15) is 31.0 Å². The number of piperidine rings is 1. The normalized spacial score (nSPS) is 35.8. The number of hydrogen-bond acceptors (Lipinski definition) is 2. The molecule has 1 unspecified atom stereocenters.